The minimum atomic E-state index is -0.319. The maximum absolute atomic E-state index is 12.1. The Morgan fingerprint density at radius 3 is 2.70 bits per heavy atom. The number of benzene rings is 2. The lowest BCUT2D eigenvalue weighted by molar-refractivity contribution is 0.252. The predicted molar refractivity (Wildman–Crippen MR) is 103 cm³/mol. The van der Waals surface area contributed by atoms with Gasteiger partial charge in [-0.05, 0) is 47.9 Å². The molecule has 0 spiro atoms. The first-order valence-electron chi connectivity index (χ1n) is 8.53. The number of nitrogens with one attached hydrogen (secondary N) is 2. The molecule has 0 radical (unpaired) electrons. The summed E-state index contributed by atoms with van der Waals surface area (Å²) in [5.74, 6) is 0.210. The number of hydrogen-bond acceptors (Lipinski definition) is 4. The number of hydrogen-bond donors (Lipinski definition) is 3. The molecule has 2 amide bonds. The topological polar surface area (TPSA) is 96.2 Å². The minimum Gasteiger partial charge on any atom is -0.508 e. The van der Waals surface area contributed by atoms with Crippen LogP contribution in [0.3, 0.4) is 0 Å². The Kier molecular flexibility index (Phi) is 5.84. The molecule has 3 aromatic rings. The highest BCUT2D eigenvalue weighted by Gasteiger charge is 2.04. The van der Waals surface area contributed by atoms with Gasteiger partial charge >= 0.3 is 11.7 Å². The van der Waals surface area contributed by atoms with Crippen LogP contribution in [-0.4, -0.2) is 27.2 Å². The third kappa shape index (κ3) is 5.43. The van der Waals surface area contributed by atoms with Crippen molar-refractivity contribution in [3.63, 3.8) is 0 Å². The number of anilines is 1. The van der Waals surface area contributed by atoms with E-state index < -0.39 is 0 Å². The number of carbonyl (C=O) groups excluding carboxylic acids is 1. The van der Waals surface area contributed by atoms with Crippen LogP contribution < -0.4 is 16.3 Å². The molecular formula is C20H20N4O3. The molecule has 0 saturated carbocycles. The molecule has 27 heavy (non-hydrogen) atoms. The fourth-order valence-electron chi connectivity index (χ4n) is 2.66. The molecule has 0 aliphatic rings. The maximum Gasteiger partial charge on any atom is 0.347 e. The van der Waals surface area contributed by atoms with Gasteiger partial charge in [0.15, 0.2) is 0 Å². The summed E-state index contributed by atoms with van der Waals surface area (Å²) in [5, 5.41) is 15.0. The van der Waals surface area contributed by atoms with Crippen LogP contribution in [-0.2, 0) is 13.0 Å². The van der Waals surface area contributed by atoms with Crippen molar-refractivity contribution in [2.45, 2.75) is 13.0 Å². The molecule has 0 fully saturated rings. The Bertz CT molecular complexity index is 984. The van der Waals surface area contributed by atoms with E-state index in [0.717, 1.165) is 11.1 Å². The second-order valence-electron chi connectivity index (χ2n) is 6.03. The summed E-state index contributed by atoms with van der Waals surface area (Å²) in [6.45, 7) is 0.821. The highest BCUT2D eigenvalue weighted by atomic mass is 16.3. The molecule has 1 aromatic heterocycles. The average Bonchev–Trinajstić information content (AvgIpc) is 2.64. The van der Waals surface area contributed by atoms with Gasteiger partial charge in [0.2, 0.25) is 0 Å². The largest absolute Gasteiger partial charge is 0.508 e. The number of aromatic hydroxyl groups is 1. The molecule has 7 nitrogen and oxygen atoms in total. The lowest BCUT2D eigenvalue weighted by atomic mass is 10.1. The van der Waals surface area contributed by atoms with E-state index in [2.05, 4.69) is 15.6 Å². The van der Waals surface area contributed by atoms with Crippen LogP contribution in [0.5, 0.6) is 5.75 Å². The van der Waals surface area contributed by atoms with Gasteiger partial charge in [-0.25, -0.2) is 14.6 Å². The monoisotopic (exact) mass is 364 g/mol. The minimum absolute atomic E-state index is 0.210. The van der Waals surface area contributed by atoms with Crippen molar-refractivity contribution in [2.75, 3.05) is 11.9 Å². The number of carbonyl (C=O) groups is 1. The quantitative estimate of drug-likeness (QED) is 0.626. The van der Waals surface area contributed by atoms with Crippen LogP contribution in [0.2, 0.25) is 0 Å². The Hall–Kier alpha value is -3.61. The van der Waals surface area contributed by atoms with Crippen molar-refractivity contribution in [1.82, 2.24) is 14.9 Å². The zero-order valence-electron chi connectivity index (χ0n) is 14.6. The first-order chi connectivity index (χ1) is 13.1. The number of amides is 2. The lowest BCUT2D eigenvalue weighted by Gasteiger charge is -2.10. The second kappa shape index (κ2) is 8.66. The molecule has 7 heteroatoms. The molecule has 138 valence electrons. The van der Waals surface area contributed by atoms with Gasteiger partial charge in [-0.1, -0.05) is 24.3 Å². The lowest BCUT2D eigenvalue weighted by Crippen LogP contribution is -2.30. The Morgan fingerprint density at radius 1 is 1.07 bits per heavy atom. The van der Waals surface area contributed by atoms with Crippen LogP contribution in [0.15, 0.2) is 71.8 Å². The van der Waals surface area contributed by atoms with Crippen molar-refractivity contribution in [1.29, 1.82) is 0 Å². The summed E-state index contributed by atoms with van der Waals surface area (Å²) in [7, 11) is 0. The molecule has 1 heterocycles. The standard InChI is InChI=1S/C20H20N4O3/c25-18-7-2-4-15(13-18)8-10-21-19(26)23-17-6-1-5-16(12-17)14-24-11-3-9-22-20(24)27/h1-7,9,11-13,25H,8,10,14H2,(H2,21,23,26). The van der Waals surface area contributed by atoms with Crippen LogP contribution >= 0.6 is 0 Å². The van der Waals surface area contributed by atoms with Gasteiger partial charge < -0.3 is 15.7 Å². The third-order valence-electron chi connectivity index (χ3n) is 3.93. The van der Waals surface area contributed by atoms with E-state index in [0.29, 0.717) is 25.2 Å². The van der Waals surface area contributed by atoms with E-state index in [1.165, 1.54) is 10.8 Å². The molecule has 0 aliphatic carbocycles. The molecule has 2 aromatic carbocycles. The van der Waals surface area contributed by atoms with Crippen LogP contribution in [0.1, 0.15) is 11.1 Å². The van der Waals surface area contributed by atoms with Gasteiger partial charge in [0, 0.05) is 24.6 Å². The molecular weight excluding hydrogens is 344 g/mol. The van der Waals surface area contributed by atoms with Gasteiger partial charge in [0.05, 0.1) is 6.54 Å². The van der Waals surface area contributed by atoms with Crippen molar-refractivity contribution in [3.8, 4) is 5.75 Å². The first kappa shape index (κ1) is 18.2. The van der Waals surface area contributed by atoms with E-state index >= 15 is 0 Å². The molecule has 0 saturated heterocycles. The average molecular weight is 364 g/mol. The molecule has 0 unspecified atom stereocenters. The summed E-state index contributed by atoms with van der Waals surface area (Å²) in [6, 6.07) is 15.6. The summed E-state index contributed by atoms with van der Waals surface area (Å²) in [5.41, 5.74) is 2.14. The zero-order chi connectivity index (χ0) is 19.1. The Labute approximate surface area is 156 Å². The van der Waals surface area contributed by atoms with Gasteiger partial charge in [-0.2, -0.15) is 0 Å². The smallest absolute Gasteiger partial charge is 0.347 e. The number of rotatable bonds is 6. The fourth-order valence-corrected chi connectivity index (χ4v) is 2.66. The van der Waals surface area contributed by atoms with Crippen LogP contribution in [0.25, 0.3) is 0 Å². The SMILES string of the molecule is O=C(NCCc1cccc(O)c1)Nc1cccc(Cn2cccnc2=O)c1. The molecule has 0 bridgehead atoms. The van der Waals surface area contributed by atoms with E-state index in [9.17, 15) is 14.7 Å². The van der Waals surface area contributed by atoms with E-state index in [1.54, 1.807) is 36.5 Å². The highest BCUT2D eigenvalue weighted by Crippen LogP contribution is 2.12. The zero-order valence-corrected chi connectivity index (χ0v) is 14.6. The van der Waals surface area contributed by atoms with E-state index in [4.69, 9.17) is 0 Å². The summed E-state index contributed by atoms with van der Waals surface area (Å²) in [4.78, 5) is 27.5. The summed E-state index contributed by atoms with van der Waals surface area (Å²) >= 11 is 0. The third-order valence-corrected chi connectivity index (χ3v) is 3.93. The van der Waals surface area contributed by atoms with Crippen molar-refractivity contribution in [2.24, 2.45) is 0 Å². The fraction of sp³-hybridized carbons (Fsp3) is 0.150. The number of nitrogens with zero attached hydrogens (tertiary/aromatic N) is 2. The molecule has 3 N–H and O–H groups in total. The molecule has 3 rings (SSSR count). The normalized spacial score (nSPS) is 10.4. The van der Waals surface area contributed by atoms with Crippen molar-refractivity contribution < 1.29 is 9.90 Å². The number of phenolic OH excluding ortho intramolecular Hbond substituents is 1. The Balaban J connectivity index is 1.53. The number of phenols is 1. The maximum atomic E-state index is 12.1. The van der Waals surface area contributed by atoms with Crippen LogP contribution in [0.4, 0.5) is 10.5 Å². The highest BCUT2D eigenvalue weighted by molar-refractivity contribution is 5.89. The van der Waals surface area contributed by atoms with E-state index in [1.807, 2.05) is 24.3 Å². The second-order valence-corrected chi connectivity index (χ2v) is 6.03. The van der Waals surface area contributed by atoms with Gasteiger partial charge in [-0.3, -0.25) is 4.57 Å². The summed E-state index contributed by atoms with van der Waals surface area (Å²) in [6.07, 6.45) is 3.74. The first-order valence-corrected chi connectivity index (χ1v) is 8.53. The molecule has 0 atom stereocenters. The number of aromatic nitrogens is 2. The van der Waals surface area contributed by atoms with E-state index in [-0.39, 0.29) is 17.5 Å². The van der Waals surface area contributed by atoms with Crippen LogP contribution in [0, 0.1) is 0 Å². The predicted octanol–water partition coefficient (Wildman–Crippen LogP) is 2.36. The van der Waals surface area contributed by atoms with Crippen molar-refractivity contribution >= 4 is 11.7 Å². The van der Waals surface area contributed by atoms with Gasteiger partial charge in [0.25, 0.3) is 0 Å². The number of urea groups is 1. The summed E-state index contributed by atoms with van der Waals surface area (Å²) < 4.78 is 1.49. The van der Waals surface area contributed by atoms with Gasteiger partial charge in [-0.15, -0.1) is 0 Å². The Morgan fingerprint density at radius 2 is 1.89 bits per heavy atom. The van der Waals surface area contributed by atoms with Crippen molar-refractivity contribution in [3.05, 3.63) is 88.6 Å². The van der Waals surface area contributed by atoms with Gasteiger partial charge in [0.1, 0.15) is 5.75 Å². The molecule has 0 aliphatic heterocycles.